The first-order valence-corrected chi connectivity index (χ1v) is 5.52. The molecule has 18 heavy (non-hydrogen) atoms. The summed E-state index contributed by atoms with van der Waals surface area (Å²) in [7, 11) is 0. The van der Waals surface area contributed by atoms with Gasteiger partial charge in [-0.15, -0.1) is 0 Å². The van der Waals surface area contributed by atoms with Crippen molar-refractivity contribution in [1.29, 1.82) is 0 Å². The highest BCUT2D eigenvalue weighted by Crippen LogP contribution is 2.18. The lowest BCUT2D eigenvalue weighted by Crippen LogP contribution is -2.17. The lowest BCUT2D eigenvalue weighted by atomic mass is 9.91. The van der Waals surface area contributed by atoms with Gasteiger partial charge in [-0.25, -0.2) is 0 Å². The molecule has 1 aromatic rings. The van der Waals surface area contributed by atoms with Crippen molar-refractivity contribution in [3.8, 4) is 0 Å². The summed E-state index contributed by atoms with van der Waals surface area (Å²) >= 11 is 0. The number of benzene rings is 1. The van der Waals surface area contributed by atoms with Crippen LogP contribution in [0.2, 0.25) is 0 Å². The molecule has 0 aliphatic carbocycles. The molecular weight excluding hydrogens is 232 g/mol. The molecule has 0 saturated heterocycles. The zero-order chi connectivity index (χ0) is 13.8. The van der Waals surface area contributed by atoms with Crippen molar-refractivity contribution >= 4 is 17.2 Å². The normalized spacial score (nSPS) is 11.5. The zero-order valence-corrected chi connectivity index (χ0v) is 10.6. The van der Waals surface area contributed by atoms with Gasteiger partial charge in [-0.05, 0) is 12.1 Å². The number of hydrogen-bond donors (Lipinski definition) is 1. The number of carbonyl (C=O) groups is 1. The van der Waals surface area contributed by atoms with Crippen LogP contribution in [0.15, 0.2) is 36.5 Å². The maximum absolute atomic E-state index is 11.6. The number of carbonyl (C=O) groups excluding carboxylic acids is 1. The summed E-state index contributed by atoms with van der Waals surface area (Å²) in [5.41, 5.74) is 0.152. The molecule has 0 aromatic heterocycles. The third-order valence-corrected chi connectivity index (χ3v) is 2.28. The van der Waals surface area contributed by atoms with E-state index in [2.05, 4.69) is 5.32 Å². The first kappa shape index (κ1) is 13.9. The van der Waals surface area contributed by atoms with E-state index in [1.165, 1.54) is 24.4 Å². The summed E-state index contributed by atoms with van der Waals surface area (Å²) in [6.45, 7) is 5.48. The van der Waals surface area contributed by atoms with Gasteiger partial charge < -0.3 is 5.32 Å². The fourth-order valence-electron chi connectivity index (χ4n) is 1.17. The zero-order valence-electron chi connectivity index (χ0n) is 10.6. The van der Waals surface area contributed by atoms with Crippen LogP contribution in [-0.2, 0) is 4.79 Å². The van der Waals surface area contributed by atoms with Crippen LogP contribution >= 0.6 is 0 Å². The van der Waals surface area contributed by atoms with Crippen molar-refractivity contribution in [2.75, 3.05) is 5.32 Å². The van der Waals surface area contributed by atoms with Crippen LogP contribution in [0.3, 0.4) is 0 Å². The number of rotatable bonds is 4. The second kappa shape index (κ2) is 5.44. The second-order valence-electron chi connectivity index (χ2n) is 4.90. The van der Waals surface area contributed by atoms with Crippen molar-refractivity contribution in [2.24, 2.45) is 5.41 Å². The van der Waals surface area contributed by atoms with Gasteiger partial charge in [-0.2, -0.15) is 0 Å². The SMILES string of the molecule is CC(C)(C)C(=O)/C=C/Nc1cccc([N+](=O)[O-])c1. The number of nitro groups is 1. The van der Waals surface area contributed by atoms with Gasteiger partial charge in [0.25, 0.3) is 5.69 Å². The number of allylic oxidation sites excluding steroid dienone is 1. The van der Waals surface area contributed by atoms with Crippen molar-refractivity contribution < 1.29 is 9.72 Å². The molecule has 5 nitrogen and oxygen atoms in total. The van der Waals surface area contributed by atoms with Gasteiger partial charge in [-0.3, -0.25) is 14.9 Å². The minimum Gasteiger partial charge on any atom is -0.361 e. The minimum absolute atomic E-state index is 0.00977. The first-order valence-electron chi connectivity index (χ1n) is 5.52. The van der Waals surface area contributed by atoms with Gasteiger partial charge in [0.05, 0.1) is 4.92 Å². The lowest BCUT2D eigenvalue weighted by Gasteiger charge is -2.12. The molecule has 0 aliphatic rings. The Kier molecular flexibility index (Phi) is 4.20. The van der Waals surface area contributed by atoms with Crippen LogP contribution in [0, 0.1) is 15.5 Å². The average Bonchev–Trinajstić information content (AvgIpc) is 2.28. The number of anilines is 1. The highest BCUT2D eigenvalue weighted by molar-refractivity contribution is 5.94. The van der Waals surface area contributed by atoms with Gasteiger partial charge in [-0.1, -0.05) is 26.8 Å². The van der Waals surface area contributed by atoms with Gasteiger partial charge >= 0.3 is 0 Å². The van der Waals surface area contributed by atoms with Gasteiger partial charge in [0.2, 0.25) is 0 Å². The Morgan fingerprint density at radius 2 is 2.06 bits per heavy atom. The topological polar surface area (TPSA) is 72.2 Å². The lowest BCUT2D eigenvalue weighted by molar-refractivity contribution is -0.384. The van der Waals surface area contributed by atoms with Crippen LogP contribution in [0.25, 0.3) is 0 Å². The molecule has 0 unspecified atom stereocenters. The number of ketones is 1. The molecule has 5 heteroatoms. The van der Waals surface area contributed by atoms with E-state index < -0.39 is 10.3 Å². The maximum atomic E-state index is 11.6. The summed E-state index contributed by atoms with van der Waals surface area (Å²) in [4.78, 5) is 21.7. The highest BCUT2D eigenvalue weighted by atomic mass is 16.6. The number of nitrogens with zero attached hydrogens (tertiary/aromatic N) is 1. The summed E-state index contributed by atoms with van der Waals surface area (Å²) in [6.07, 6.45) is 2.92. The van der Waals surface area contributed by atoms with Crippen molar-refractivity contribution in [1.82, 2.24) is 0 Å². The van der Waals surface area contributed by atoms with Gasteiger partial charge in [0.1, 0.15) is 0 Å². The monoisotopic (exact) mass is 248 g/mol. The third kappa shape index (κ3) is 4.01. The Labute approximate surface area is 106 Å². The number of non-ortho nitro benzene ring substituents is 1. The minimum atomic E-state index is -0.463. The van der Waals surface area contributed by atoms with E-state index in [9.17, 15) is 14.9 Å². The molecular formula is C13H16N2O3. The summed E-state index contributed by atoms with van der Waals surface area (Å²) in [6, 6.07) is 6.10. The molecule has 0 amide bonds. The van der Waals surface area contributed by atoms with Crippen LogP contribution < -0.4 is 5.32 Å². The third-order valence-electron chi connectivity index (χ3n) is 2.28. The largest absolute Gasteiger partial charge is 0.361 e. The Balaban J connectivity index is 2.70. The van der Waals surface area contributed by atoms with E-state index >= 15 is 0 Å². The van der Waals surface area contributed by atoms with E-state index in [1.807, 2.05) is 20.8 Å². The molecule has 1 N–H and O–H groups in total. The maximum Gasteiger partial charge on any atom is 0.271 e. The Morgan fingerprint density at radius 3 is 2.61 bits per heavy atom. The van der Waals surface area contributed by atoms with E-state index in [-0.39, 0.29) is 11.5 Å². The van der Waals surface area contributed by atoms with E-state index in [0.29, 0.717) is 5.69 Å². The van der Waals surface area contributed by atoms with E-state index in [4.69, 9.17) is 0 Å². The van der Waals surface area contributed by atoms with Crippen LogP contribution in [-0.4, -0.2) is 10.7 Å². The van der Waals surface area contributed by atoms with Crippen molar-refractivity contribution in [2.45, 2.75) is 20.8 Å². The Morgan fingerprint density at radius 1 is 1.39 bits per heavy atom. The predicted octanol–water partition coefficient (Wildman–Crippen LogP) is 3.14. The molecule has 0 spiro atoms. The van der Waals surface area contributed by atoms with Crippen molar-refractivity contribution in [3.63, 3.8) is 0 Å². The molecule has 0 fully saturated rings. The number of nitro benzene ring substituents is 1. The fourth-order valence-corrected chi connectivity index (χ4v) is 1.17. The quantitative estimate of drug-likeness (QED) is 0.504. The summed E-state index contributed by atoms with van der Waals surface area (Å²) in [5.74, 6) is -0.0135. The van der Waals surface area contributed by atoms with Gasteiger partial charge in [0, 0.05) is 29.4 Å². The first-order chi connectivity index (χ1) is 8.30. The Bertz CT molecular complexity index is 487. The highest BCUT2D eigenvalue weighted by Gasteiger charge is 2.17. The Hall–Kier alpha value is -2.17. The smallest absolute Gasteiger partial charge is 0.271 e. The van der Waals surface area contributed by atoms with E-state index in [0.717, 1.165) is 0 Å². The van der Waals surface area contributed by atoms with E-state index in [1.54, 1.807) is 12.1 Å². The molecule has 0 atom stereocenters. The number of nitrogens with one attached hydrogen (secondary N) is 1. The van der Waals surface area contributed by atoms with Gasteiger partial charge in [0.15, 0.2) is 5.78 Å². The summed E-state index contributed by atoms with van der Waals surface area (Å²) in [5, 5.41) is 13.4. The summed E-state index contributed by atoms with van der Waals surface area (Å²) < 4.78 is 0. The molecule has 96 valence electrons. The molecule has 0 heterocycles. The van der Waals surface area contributed by atoms with Crippen molar-refractivity contribution in [3.05, 3.63) is 46.7 Å². The average molecular weight is 248 g/mol. The molecule has 0 bridgehead atoms. The second-order valence-corrected chi connectivity index (χ2v) is 4.90. The standard InChI is InChI=1S/C13H16N2O3/c1-13(2,3)12(16)7-8-14-10-5-4-6-11(9-10)15(17)18/h4-9,14H,1-3H3/b8-7+. The molecule has 1 aromatic carbocycles. The van der Waals surface area contributed by atoms with Crippen LogP contribution in [0.5, 0.6) is 0 Å². The molecule has 0 saturated carbocycles. The van der Waals surface area contributed by atoms with Crippen LogP contribution in [0.1, 0.15) is 20.8 Å². The van der Waals surface area contributed by atoms with Crippen LogP contribution in [0.4, 0.5) is 11.4 Å². The molecule has 1 rings (SSSR count). The predicted molar refractivity (Wildman–Crippen MR) is 70.3 cm³/mol. The molecule has 0 aliphatic heterocycles. The number of hydrogen-bond acceptors (Lipinski definition) is 4. The fraction of sp³-hybridized carbons (Fsp3) is 0.308. The molecule has 0 radical (unpaired) electrons.